The molecule has 0 saturated heterocycles. The van der Waals surface area contributed by atoms with Gasteiger partial charge in [0.25, 0.3) is 0 Å². The van der Waals surface area contributed by atoms with Crippen LogP contribution in [-0.2, 0) is 16.2 Å². The SMILES string of the molecule is COc1cc(/C(C)=N/NC(=O)C(=O)Nc2c(C)cccc2C)ccc1OCc1ccccc1. The van der Waals surface area contributed by atoms with E-state index in [9.17, 15) is 9.59 Å². The van der Waals surface area contributed by atoms with Crippen LogP contribution in [0.4, 0.5) is 5.69 Å². The van der Waals surface area contributed by atoms with E-state index in [1.807, 2.05) is 68.4 Å². The molecule has 7 heteroatoms. The molecule has 2 N–H and O–H groups in total. The Balaban J connectivity index is 1.64. The number of carbonyl (C=O) groups excluding carboxylic acids is 2. The zero-order valence-corrected chi connectivity index (χ0v) is 19.1. The molecular weight excluding hydrogens is 418 g/mol. The third-order valence-electron chi connectivity index (χ3n) is 5.07. The highest BCUT2D eigenvalue weighted by molar-refractivity contribution is 6.39. The van der Waals surface area contributed by atoms with Crippen LogP contribution in [0.25, 0.3) is 0 Å². The van der Waals surface area contributed by atoms with Crippen LogP contribution in [0.3, 0.4) is 0 Å². The summed E-state index contributed by atoms with van der Waals surface area (Å²) in [4.78, 5) is 24.5. The van der Waals surface area contributed by atoms with Gasteiger partial charge in [0.05, 0.1) is 12.8 Å². The second-order valence-corrected chi connectivity index (χ2v) is 7.50. The van der Waals surface area contributed by atoms with Gasteiger partial charge in [-0.2, -0.15) is 5.10 Å². The summed E-state index contributed by atoms with van der Waals surface area (Å²) in [6, 6.07) is 20.8. The molecule has 3 aromatic carbocycles. The van der Waals surface area contributed by atoms with Crippen molar-refractivity contribution in [2.24, 2.45) is 5.10 Å². The van der Waals surface area contributed by atoms with Gasteiger partial charge in [-0.3, -0.25) is 9.59 Å². The Morgan fingerprint density at radius 1 is 0.879 bits per heavy atom. The van der Waals surface area contributed by atoms with Crippen molar-refractivity contribution in [2.75, 3.05) is 12.4 Å². The minimum Gasteiger partial charge on any atom is -0.493 e. The molecule has 0 atom stereocenters. The first kappa shape index (κ1) is 23.5. The fraction of sp³-hybridized carbons (Fsp3) is 0.192. The number of hydrogen-bond donors (Lipinski definition) is 2. The van der Waals surface area contributed by atoms with Gasteiger partial charge in [-0.1, -0.05) is 48.5 Å². The highest BCUT2D eigenvalue weighted by atomic mass is 16.5. The van der Waals surface area contributed by atoms with E-state index in [-0.39, 0.29) is 0 Å². The molecule has 0 aromatic heterocycles. The molecule has 0 bridgehead atoms. The Labute approximate surface area is 193 Å². The Hall–Kier alpha value is -4.13. The minimum atomic E-state index is -0.855. The van der Waals surface area contributed by atoms with Gasteiger partial charge in [0, 0.05) is 11.3 Å². The number of methoxy groups -OCH3 is 1. The zero-order valence-electron chi connectivity index (χ0n) is 19.1. The normalized spacial score (nSPS) is 11.0. The summed E-state index contributed by atoms with van der Waals surface area (Å²) in [6.07, 6.45) is 0. The predicted molar refractivity (Wildman–Crippen MR) is 129 cm³/mol. The van der Waals surface area contributed by atoms with Crippen molar-refractivity contribution in [3.8, 4) is 11.5 Å². The van der Waals surface area contributed by atoms with Crippen LogP contribution in [0.5, 0.6) is 11.5 Å². The van der Waals surface area contributed by atoms with E-state index >= 15 is 0 Å². The lowest BCUT2D eigenvalue weighted by atomic mass is 10.1. The Morgan fingerprint density at radius 3 is 2.24 bits per heavy atom. The second-order valence-electron chi connectivity index (χ2n) is 7.50. The van der Waals surface area contributed by atoms with Crippen LogP contribution < -0.4 is 20.2 Å². The lowest BCUT2D eigenvalue weighted by Gasteiger charge is -2.12. The molecule has 0 heterocycles. The lowest BCUT2D eigenvalue weighted by molar-refractivity contribution is -0.136. The number of nitrogens with zero attached hydrogens (tertiary/aromatic N) is 1. The summed E-state index contributed by atoms with van der Waals surface area (Å²) >= 11 is 0. The second kappa shape index (κ2) is 10.9. The number of ether oxygens (including phenoxy) is 2. The van der Waals surface area contributed by atoms with E-state index in [0.717, 1.165) is 22.3 Å². The number of hydrazone groups is 1. The van der Waals surface area contributed by atoms with E-state index < -0.39 is 11.8 Å². The fourth-order valence-electron chi connectivity index (χ4n) is 3.18. The fourth-order valence-corrected chi connectivity index (χ4v) is 3.18. The standard InChI is InChI=1S/C26H27N3O4/c1-17-9-8-10-18(2)24(17)27-25(30)26(31)29-28-19(3)21-13-14-22(23(15-21)32-4)33-16-20-11-6-5-7-12-20/h5-15H,16H2,1-4H3,(H,27,30)(H,29,31)/b28-19+. The molecule has 7 nitrogen and oxygen atoms in total. The van der Waals surface area contributed by atoms with Crippen molar-refractivity contribution in [1.82, 2.24) is 5.43 Å². The molecular formula is C26H27N3O4. The van der Waals surface area contributed by atoms with Gasteiger partial charge in [-0.15, -0.1) is 0 Å². The van der Waals surface area contributed by atoms with Crippen LogP contribution in [0.2, 0.25) is 0 Å². The van der Waals surface area contributed by atoms with Gasteiger partial charge in [0.15, 0.2) is 11.5 Å². The number of nitrogens with one attached hydrogen (secondary N) is 2. The van der Waals surface area contributed by atoms with Crippen LogP contribution in [0, 0.1) is 13.8 Å². The molecule has 2 amide bonds. The van der Waals surface area contributed by atoms with Crippen molar-refractivity contribution in [3.05, 3.63) is 89.0 Å². The van der Waals surface area contributed by atoms with Crippen molar-refractivity contribution >= 4 is 23.2 Å². The number of amides is 2. The molecule has 0 saturated carbocycles. The number of rotatable bonds is 7. The topological polar surface area (TPSA) is 89.0 Å². The van der Waals surface area contributed by atoms with Crippen LogP contribution in [-0.4, -0.2) is 24.6 Å². The average molecular weight is 446 g/mol. The number of hydrogen-bond acceptors (Lipinski definition) is 5. The summed E-state index contributed by atoms with van der Waals surface area (Å²) < 4.78 is 11.3. The molecule has 0 radical (unpaired) electrons. The first-order valence-electron chi connectivity index (χ1n) is 10.5. The molecule has 33 heavy (non-hydrogen) atoms. The predicted octanol–water partition coefficient (Wildman–Crippen LogP) is 4.37. The largest absolute Gasteiger partial charge is 0.493 e. The zero-order chi connectivity index (χ0) is 23.8. The highest BCUT2D eigenvalue weighted by Gasteiger charge is 2.16. The first-order chi connectivity index (χ1) is 15.9. The number of carbonyl (C=O) groups is 2. The number of benzene rings is 3. The van der Waals surface area contributed by atoms with Gasteiger partial charge in [0.2, 0.25) is 0 Å². The minimum absolute atomic E-state index is 0.412. The molecule has 0 aliphatic heterocycles. The van der Waals surface area contributed by atoms with Gasteiger partial charge in [-0.05, 0) is 55.7 Å². The van der Waals surface area contributed by atoms with Crippen molar-refractivity contribution < 1.29 is 19.1 Å². The number of anilines is 1. The maximum absolute atomic E-state index is 12.3. The maximum Gasteiger partial charge on any atom is 0.329 e. The summed E-state index contributed by atoms with van der Waals surface area (Å²) in [5, 5.41) is 6.70. The van der Waals surface area contributed by atoms with E-state index in [1.54, 1.807) is 26.2 Å². The summed E-state index contributed by atoms with van der Waals surface area (Å²) in [7, 11) is 1.56. The summed E-state index contributed by atoms with van der Waals surface area (Å²) in [5.41, 5.74) is 6.94. The molecule has 0 spiro atoms. The molecule has 0 aliphatic carbocycles. The summed E-state index contributed by atoms with van der Waals surface area (Å²) in [6.45, 7) is 5.87. The first-order valence-corrected chi connectivity index (χ1v) is 10.5. The van der Waals surface area contributed by atoms with Gasteiger partial charge >= 0.3 is 11.8 Å². The van der Waals surface area contributed by atoms with Crippen molar-refractivity contribution in [1.29, 1.82) is 0 Å². The van der Waals surface area contributed by atoms with E-state index in [4.69, 9.17) is 9.47 Å². The number of para-hydroxylation sites is 1. The monoisotopic (exact) mass is 445 g/mol. The van der Waals surface area contributed by atoms with E-state index in [2.05, 4.69) is 15.8 Å². The van der Waals surface area contributed by atoms with E-state index in [1.165, 1.54) is 0 Å². The number of aryl methyl sites for hydroxylation is 2. The molecule has 0 aliphatic rings. The van der Waals surface area contributed by atoms with Crippen LogP contribution >= 0.6 is 0 Å². The smallest absolute Gasteiger partial charge is 0.329 e. The highest BCUT2D eigenvalue weighted by Crippen LogP contribution is 2.29. The Morgan fingerprint density at radius 2 is 1.58 bits per heavy atom. The lowest BCUT2D eigenvalue weighted by Crippen LogP contribution is -2.33. The quantitative estimate of drug-likeness (QED) is 0.321. The van der Waals surface area contributed by atoms with Crippen LogP contribution in [0.15, 0.2) is 71.8 Å². The van der Waals surface area contributed by atoms with Crippen molar-refractivity contribution in [3.63, 3.8) is 0 Å². The maximum atomic E-state index is 12.3. The molecule has 3 aromatic rings. The van der Waals surface area contributed by atoms with Crippen molar-refractivity contribution in [2.45, 2.75) is 27.4 Å². The summed E-state index contributed by atoms with van der Waals surface area (Å²) in [5.74, 6) is -0.509. The molecule has 0 fully saturated rings. The molecule has 3 rings (SSSR count). The van der Waals surface area contributed by atoms with Gasteiger partial charge in [-0.25, -0.2) is 5.43 Å². The third-order valence-corrected chi connectivity index (χ3v) is 5.07. The molecule has 170 valence electrons. The molecule has 0 unspecified atom stereocenters. The van der Waals surface area contributed by atoms with E-state index in [0.29, 0.717) is 29.5 Å². The van der Waals surface area contributed by atoms with Gasteiger partial charge < -0.3 is 14.8 Å². The van der Waals surface area contributed by atoms with Gasteiger partial charge in [0.1, 0.15) is 6.61 Å². The third kappa shape index (κ3) is 6.20. The Kier molecular flexibility index (Phi) is 7.81. The van der Waals surface area contributed by atoms with Crippen LogP contribution in [0.1, 0.15) is 29.2 Å². The average Bonchev–Trinajstić information content (AvgIpc) is 2.83. The Bertz CT molecular complexity index is 1150.